The van der Waals surface area contributed by atoms with Crippen molar-refractivity contribution in [1.82, 2.24) is 0 Å². The van der Waals surface area contributed by atoms with E-state index in [-0.39, 0.29) is 0 Å². The molecule has 0 bridgehead atoms. The first-order valence-corrected chi connectivity index (χ1v) is 7.44. The maximum absolute atomic E-state index is 5.14. The quantitative estimate of drug-likeness (QED) is 0.658. The molecule has 0 fully saturated rings. The second-order valence-corrected chi connectivity index (χ2v) is 5.07. The number of methoxy groups -OCH3 is 1. The van der Waals surface area contributed by atoms with Gasteiger partial charge < -0.3 is 10.1 Å². The summed E-state index contributed by atoms with van der Waals surface area (Å²) < 4.78 is 5.14. The van der Waals surface area contributed by atoms with Gasteiger partial charge in [0, 0.05) is 17.6 Å². The van der Waals surface area contributed by atoms with E-state index in [1.54, 1.807) is 7.11 Å². The molecule has 0 spiro atoms. The SMILES string of the molecule is COc1ccc(C=Nc2ccc(Nc3ccccc3)cc2)cc1. The number of ether oxygens (including phenoxy) is 1. The molecule has 0 aliphatic heterocycles. The minimum atomic E-state index is 0.846. The summed E-state index contributed by atoms with van der Waals surface area (Å²) in [5, 5.41) is 3.35. The Morgan fingerprint density at radius 3 is 2.09 bits per heavy atom. The van der Waals surface area contributed by atoms with Gasteiger partial charge in [-0.05, 0) is 66.2 Å². The molecule has 3 aromatic rings. The molecule has 3 rings (SSSR count). The fourth-order valence-electron chi connectivity index (χ4n) is 2.16. The number of anilines is 2. The number of nitrogens with one attached hydrogen (secondary N) is 1. The summed E-state index contributed by atoms with van der Waals surface area (Å²) in [6.07, 6.45) is 1.85. The summed E-state index contributed by atoms with van der Waals surface area (Å²) in [5.74, 6) is 0.846. The Morgan fingerprint density at radius 1 is 0.783 bits per heavy atom. The van der Waals surface area contributed by atoms with Crippen LogP contribution in [0.15, 0.2) is 83.9 Å². The van der Waals surface area contributed by atoms with Crippen LogP contribution >= 0.6 is 0 Å². The van der Waals surface area contributed by atoms with E-state index in [0.29, 0.717) is 0 Å². The zero-order valence-electron chi connectivity index (χ0n) is 12.9. The molecule has 0 saturated heterocycles. The van der Waals surface area contributed by atoms with Gasteiger partial charge in [-0.15, -0.1) is 0 Å². The van der Waals surface area contributed by atoms with E-state index in [0.717, 1.165) is 28.4 Å². The highest BCUT2D eigenvalue weighted by Gasteiger charge is 1.95. The summed E-state index contributed by atoms with van der Waals surface area (Å²) in [6.45, 7) is 0. The Labute approximate surface area is 136 Å². The Bertz CT molecular complexity index is 763. The molecule has 1 N–H and O–H groups in total. The van der Waals surface area contributed by atoms with Crippen molar-refractivity contribution in [3.63, 3.8) is 0 Å². The summed E-state index contributed by atoms with van der Waals surface area (Å²) in [7, 11) is 1.66. The number of hydrogen-bond acceptors (Lipinski definition) is 3. The average molecular weight is 302 g/mol. The fraction of sp³-hybridized carbons (Fsp3) is 0.0500. The lowest BCUT2D eigenvalue weighted by Crippen LogP contribution is -1.88. The van der Waals surface area contributed by atoms with Crippen molar-refractivity contribution in [2.75, 3.05) is 12.4 Å². The highest BCUT2D eigenvalue weighted by molar-refractivity contribution is 5.82. The number of aliphatic imine (C=N–C) groups is 1. The zero-order valence-corrected chi connectivity index (χ0v) is 12.9. The molecule has 0 aliphatic rings. The maximum Gasteiger partial charge on any atom is 0.118 e. The van der Waals surface area contributed by atoms with E-state index in [1.165, 1.54) is 0 Å². The molecule has 0 unspecified atom stereocenters. The number of rotatable bonds is 5. The van der Waals surface area contributed by atoms with Crippen molar-refractivity contribution < 1.29 is 4.74 Å². The Hall–Kier alpha value is -3.07. The van der Waals surface area contributed by atoms with Gasteiger partial charge in [0.15, 0.2) is 0 Å². The van der Waals surface area contributed by atoms with Crippen molar-refractivity contribution in [3.8, 4) is 5.75 Å². The molecule has 0 heterocycles. The van der Waals surface area contributed by atoms with Crippen LogP contribution in [-0.2, 0) is 0 Å². The standard InChI is InChI=1S/C20H18N2O/c1-23-20-13-7-16(8-14-20)15-21-17-9-11-19(12-10-17)22-18-5-3-2-4-6-18/h2-15,22H,1H3. The van der Waals surface area contributed by atoms with Gasteiger partial charge in [0.2, 0.25) is 0 Å². The normalized spacial score (nSPS) is 10.7. The van der Waals surface area contributed by atoms with E-state index < -0.39 is 0 Å². The van der Waals surface area contributed by atoms with Gasteiger partial charge >= 0.3 is 0 Å². The topological polar surface area (TPSA) is 33.6 Å². The minimum Gasteiger partial charge on any atom is -0.497 e. The molecule has 114 valence electrons. The largest absolute Gasteiger partial charge is 0.497 e. The van der Waals surface area contributed by atoms with E-state index in [4.69, 9.17) is 4.74 Å². The second-order valence-electron chi connectivity index (χ2n) is 5.07. The van der Waals surface area contributed by atoms with Crippen LogP contribution in [0.25, 0.3) is 0 Å². The van der Waals surface area contributed by atoms with Crippen molar-refractivity contribution in [2.24, 2.45) is 4.99 Å². The number of benzene rings is 3. The Balaban J connectivity index is 1.65. The first-order valence-electron chi connectivity index (χ1n) is 7.44. The highest BCUT2D eigenvalue weighted by Crippen LogP contribution is 2.20. The molecule has 3 heteroatoms. The summed E-state index contributed by atoms with van der Waals surface area (Å²) in [4.78, 5) is 4.49. The molecule has 0 amide bonds. The van der Waals surface area contributed by atoms with E-state index >= 15 is 0 Å². The summed E-state index contributed by atoms with van der Waals surface area (Å²) in [6, 6.07) is 25.9. The molecule has 0 aliphatic carbocycles. The van der Waals surface area contributed by atoms with Crippen LogP contribution in [0.2, 0.25) is 0 Å². The second kappa shape index (κ2) is 7.27. The smallest absolute Gasteiger partial charge is 0.118 e. The summed E-state index contributed by atoms with van der Waals surface area (Å²) >= 11 is 0. The van der Waals surface area contributed by atoms with Crippen LogP contribution in [0.1, 0.15) is 5.56 Å². The summed E-state index contributed by atoms with van der Waals surface area (Å²) in [5.41, 5.74) is 4.07. The van der Waals surface area contributed by atoms with E-state index in [1.807, 2.05) is 85.1 Å². The van der Waals surface area contributed by atoms with Gasteiger partial charge in [-0.3, -0.25) is 4.99 Å². The molecule has 23 heavy (non-hydrogen) atoms. The third-order valence-electron chi connectivity index (χ3n) is 3.41. The minimum absolute atomic E-state index is 0.846. The van der Waals surface area contributed by atoms with Crippen LogP contribution in [0, 0.1) is 0 Å². The van der Waals surface area contributed by atoms with Gasteiger partial charge in [-0.2, -0.15) is 0 Å². The van der Waals surface area contributed by atoms with Crippen molar-refractivity contribution in [2.45, 2.75) is 0 Å². The highest BCUT2D eigenvalue weighted by atomic mass is 16.5. The van der Waals surface area contributed by atoms with Gasteiger partial charge in [-0.25, -0.2) is 0 Å². The third kappa shape index (κ3) is 4.20. The van der Waals surface area contributed by atoms with Gasteiger partial charge in [0.05, 0.1) is 12.8 Å². The van der Waals surface area contributed by atoms with Crippen LogP contribution in [0.4, 0.5) is 17.1 Å². The monoisotopic (exact) mass is 302 g/mol. The lowest BCUT2D eigenvalue weighted by atomic mass is 10.2. The predicted octanol–water partition coefficient (Wildman–Crippen LogP) is 5.19. The molecule has 3 aromatic carbocycles. The third-order valence-corrected chi connectivity index (χ3v) is 3.41. The van der Waals surface area contributed by atoms with Crippen molar-refractivity contribution in [3.05, 3.63) is 84.4 Å². The van der Waals surface area contributed by atoms with E-state index in [9.17, 15) is 0 Å². The molecular formula is C20H18N2O. The molecule has 0 atom stereocenters. The van der Waals surface area contributed by atoms with Crippen LogP contribution in [0.3, 0.4) is 0 Å². The molecule has 0 aromatic heterocycles. The maximum atomic E-state index is 5.14. The van der Waals surface area contributed by atoms with Gasteiger partial charge in [-0.1, -0.05) is 18.2 Å². The lowest BCUT2D eigenvalue weighted by molar-refractivity contribution is 0.415. The zero-order chi connectivity index (χ0) is 15.9. The first kappa shape index (κ1) is 14.9. The van der Waals surface area contributed by atoms with Crippen LogP contribution < -0.4 is 10.1 Å². The van der Waals surface area contributed by atoms with Crippen LogP contribution in [0.5, 0.6) is 5.75 Å². The number of hydrogen-bond donors (Lipinski definition) is 1. The van der Waals surface area contributed by atoms with Crippen LogP contribution in [-0.4, -0.2) is 13.3 Å². The number of nitrogens with zero attached hydrogens (tertiary/aromatic N) is 1. The molecule has 3 nitrogen and oxygen atoms in total. The molecule has 0 saturated carbocycles. The molecule has 0 radical (unpaired) electrons. The predicted molar refractivity (Wildman–Crippen MR) is 96.4 cm³/mol. The van der Waals surface area contributed by atoms with Crippen molar-refractivity contribution >= 4 is 23.3 Å². The number of para-hydroxylation sites is 1. The first-order chi connectivity index (χ1) is 11.3. The Kier molecular flexibility index (Phi) is 4.69. The van der Waals surface area contributed by atoms with Gasteiger partial charge in [0.25, 0.3) is 0 Å². The molecular weight excluding hydrogens is 284 g/mol. The fourth-order valence-corrected chi connectivity index (χ4v) is 2.16. The average Bonchev–Trinajstić information content (AvgIpc) is 2.62. The Morgan fingerprint density at radius 2 is 1.43 bits per heavy atom. The van der Waals surface area contributed by atoms with E-state index in [2.05, 4.69) is 10.3 Å². The van der Waals surface area contributed by atoms with Crippen molar-refractivity contribution in [1.29, 1.82) is 0 Å². The lowest BCUT2D eigenvalue weighted by Gasteiger charge is -2.06. The van der Waals surface area contributed by atoms with Gasteiger partial charge in [0.1, 0.15) is 5.75 Å².